The number of carbonyl (C=O) groups excluding carboxylic acids is 1. The topological polar surface area (TPSA) is 67.3 Å². The van der Waals surface area contributed by atoms with E-state index in [1.807, 2.05) is 0 Å². The van der Waals surface area contributed by atoms with Crippen LogP contribution in [0, 0.1) is 5.82 Å². The molecule has 0 saturated carbocycles. The van der Waals surface area contributed by atoms with E-state index in [2.05, 4.69) is 4.98 Å². The van der Waals surface area contributed by atoms with E-state index in [-0.39, 0.29) is 20.6 Å². The molecule has 0 aliphatic rings. The standard InChI is InChI=1S/C12H7ClFNO3S/c1-5(16)10-9(12(17)18)15-11(19-10)6-2-7(13)4-8(14)3-6/h2-4H,1H3,(H,17,18). The van der Waals surface area contributed by atoms with Crippen molar-refractivity contribution in [2.24, 2.45) is 0 Å². The van der Waals surface area contributed by atoms with E-state index in [9.17, 15) is 14.0 Å². The normalized spacial score (nSPS) is 10.5. The third-order valence-electron chi connectivity index (χ3n) is 2.26. The van der Waals surface area contributed by atoms with Crippen molar-refractivity contribution >= 4 is 34.7 Å². The van der Waals surface area contributed by atoms with Gasteiger partial charge >= 0.3 is 5.97 Å². The molecule has 98 valence electrons. The van der Waals surface area contributed by atoms with Crippen molar-refractivity contribution in [3.8, 4) is 10.6 Å². The summed E-state index contributed by atoms with van der Waals surface area (Å²) in [6.07, 6.45) is 0. The summed E-state index contributed by atoms with van der Waals surface area (Å²) in [6, 6.07) is 3.77. The van der Waals surface area contributed by atoms with Crippen LogP contribution in [0.3, 0.4) is 0 Å². The number of rotatable bonds is 3. The van der Waals surface area contributed by atoms with E-state index in [1.165, 1.54) is 19.1 Å². The minimum atomic E-state index is -1.30. The highest BCUT2D eigenvalue weighted by atomic mass is 35.5. The van der Waals surface area contributed by atoms with Crippen molar-refractivity contribution in [2.45, 2.75) is 6.92 Å². The summed E-state index contributed by atoms with van der Waals surface area (Å²) in [5.41, 5.74) is 0.0119. The maximum Gasteiger partial charge on any atom is 0.356 e. The Balaban J connectivity index is 2.60. The highest BCUT2D eigenvalue weighted by Gasteiger charge is 2.21. The van der Waals surface area contributed by atoms with Crippen LogP contribution in [0.2, 0.25) is 5.02 Å². The second-order valence-corrected chi connectivity index (χ2v) is 5.15. The Morgan fingerprint density at radius 2 is 2.05 bits per heavy atom. The Morgan fingerprint density at radius 1 is 1.37 bits per heavy atom. The third kappa shape index (κ3) is 2.80. The monoisotopic (exact) mass is 299 g/mol. The van der Waals surface area contributed by atoms with Crippen LogP contribution in [-0.4, -0.2) is 21.8 Å². The molecule has 0 fully saturated rings. The molecular formula is C12H7ClFNO3S. The van der Waals surface area contributed by atoms with Crippen LogP contribution in [-0.2, 0) is 0 Å². The van der Waals surface area contributed by atoms with Gasteiger partial charge in [-0.15, -0.1) is 11.3 Å². The molecule has 0 saturated heterocycles. The first-order valence-electron chi connectivity index (χ1n) is 5.10. The van der Waals surface area contributed by atoms with Crippen LogP contribution in [0.15, 0.2) is 18.2 Å². The molecule has 0 amide bonds. The summed E-state index contributed by atoms with van der Waals surface area (Å²) in [5.74, 6) is -2.25. The largest absolute Gasteiger partial charge is 0.476 e. The van der Waals surface area contributed by atoms with Gasteiger partial charge in [0, 0.05) is 17.5 Å². The molecule has 1 heterocycles. The third-order valence-corrected chi connectivity index (χ3v) is 3.68. The molecule has 7 heteroatoms. The zero-order chi connectivity index (χ0) is 14.2. The first kappa shape index (κ1) is 13.6. The van der Waals surface area contributed by atoms with E-state index >= 15 is 0 Å². The van der Waals surface area contributed by atoms with Gasteiger partial charge in [-0.2, -0.15) is 0 Å². The number of nitrogens with zero attached hydrogens (tertiary/aromatic N) is 1. The number of carboxylic acid groups (broad SMARTS) is 1. The number of hydrogen-bond donors (Lipinski definition) is 1. The average Bonchev–Trinajstić information content (AvgIpc) is 2.72. The zero-order valence-corrected chi connectivity index (χ0v) is 11.2. The molecule has 1 aromatic carbocycles. The molecule has 0 radical (unpaired) electrons. The number of thiazole rings is 1. The highest BCUT2D eigenvalue weighted by molar-refractivity contribution is 7.17. The predicted octanol–water partition coefficient (Wildman–Crippen LogP) is 3.50. The number of carbonyl (C=O) groups is 2. The zero-order valence-electron chi connectivity index (χ0n) is 9.61. The van der Waals surface area contributed by atoms with E-state index in [0.717, 1.165) is 17.4 Å². The Kier molecular flexibility index (Phi) is 3.64. The number of carboxylic acids is 1. The smallest absolute Gasteiger partial charge is 0.356 e. The van der Waals surface area contributed by atoms with Gasteiger partial charge in [-0.1, -0.05) is 11.6 Å². The lowest BCUT2D eigenvalue weighted by Gasteiger charge is -1.97. The van der Waals surface area contributed by atoms with Gasteiger partial charge in [0.15, 0.2) is 11.5 Å². The molecule has 19 heavy (non-hydrogen) atoms. The first-order chi connectivity index (χ1) is 8.88. The van der Waals surface area contributed by atoms with Crippen molar-refractivity contribution in [3.63, 3.8) is 0 Å². The molecule has 1 N–H and O–H groups in total. The van der Waals surface area contributed by atoms with Crippen LogP contribution < -0.4 is 0 Å². The summed E-state index contributed by atoms with van der Waals surface area (Å²) in [6.45, 7) is 1.25. The van der Waals surface area contributed by atoms with Crippen LogP contribution in [0.5, 0.6) is 0 Å². The molecule has 4 nitrogen and oxygen atoms in total. The van der Waals surface area contributed by atoms with Crippen molar-refractivity contribution in [1.82, 2.24) is 4.98 Å². The molecule has 2 aromatic rings. The van der Waals surface area contributed by atoms with Gasteiger partial charge < -0.3 is 5.11 Å². The second-order valence-electron chi connectivity index (χ2n) is 3.72. The molecule has 1 aromatic heterocycles. The lowest BCUT2D eigenvalue weighted by Crippen LogP contribution is -2.03. The minimum absolute atomic E-state index is 0.0304. The van der Waals surface area contributed by atoms with Crippen molar-refractivity contribution in [1.29, 1.82) is 0 Å². The first-order valence-corrected chi connectivity index (χ1v) is 6.29. The molecule has 0 atom stereocenters. The molecular weight excluding hydrogens is 293 g/mol. The Labute approximate surface area is 116 Å². The van der Waals surface area contributed by atoms with E-state index in [4.69, 9.17) is 16.7 Å². The van der Waals surface area contributed by atoms with Crippen molar-refractivity contribution in [3.05, 3.63) is 39.6 Å². The number of halogens is 2. The van der Waals surface area contributed by atoms with E-state index < -0.39 is 17.6 Å². The van der Waals surface area contributed by atoms with Crippen LogP contribution in [0.4, 0.5) is 4.39 Å². The van der Waals surface area contributed by atoms with Gasteiger partial charge in [0.2, 0.25) is 0 Å². The SMILES string of the molecule is CC(=O)c1sc(-c2cc(F)cc(Cl)c2)nc1C(=O)O. The fourth-order valence-corrected chi connectivity index (χ4v) is 2.67. The predicted molar refractivity (Wildman–Crippen MR) is 69.5 cm³/mol. The van der Waals surface area contributed by atoms with Crippen molar-refractivity contribution in [2.75, 3.05) is 0 Å². The lowest BCUT2D eigenvalue weighted by molar-refractivity contribution is 0.0687. The van der Waals surface area contributed by atoms with Gasteiger partial charge in [-0.3, -0.25) is 4.79 Å². The molecule has 0 aliphatic carbocycles. The maximum atomic E-state index is 13.2. The number of Topliss-reactive ketones (excluding diaryl/α,β-unsaturated/α-hetero) is 1. The highest BCUT2D eigenvalue weighted by Crippen LogP contribution is 2.30. The summed E-state index contributed by atoms with van der Waals surface area (Å²) < 4.78 is 13.2. The van der Waals surface area contributed by atoms with Gasteiger partial charge in [0.25, 0.3) is 0 Å². The summed E-state index contributed by atoms with van der Waals surface area (Å²) >= 11 is 6.62. The summed E-state index contributed by atoms with van der Waals surface area (Å²) in [5, 5.41) is 9.39. The number of aromatic carboxylic acids is 1. The number of ketones is 1. The van der Waals surface area contributed by atoms with E-state index in [1.54, 1.807) is 0 Å². The van der Waals surface area contributed by atoms with E-state index in [0.29, 0.717) is 5.56 Å². The molecule has 0 bridgehead atoms. The Bertz CT molecular complexity index is 632. The number of benzene rings is 1. The quantitative estimate of drug-likeness (QED) is 0.881. The fraction of sp³-hybridized carbons (Fsp3) is 0.0833. The number of aromatic nitrogens is 1. The molecule has 2 rings (SSSR count). The molecule has 0 spiro atoms. The van der Waals surface area contributed by atoms with Gasteiger partial charge in [0.05, 0.1) is 0 Å². The van der Waals surface area contributed by atoms with Crippen LogP contribution >= 0.6 is 22.9 Å². The van der Waals surface area contributed by atoms with Gasteiger partial charge in [0.1, 0.15) is 15.7 Å². The van der Waals surface area contributed by atoms with Crippen molar-refractivity contribution < 1.29 is 19.1 Å². The Morgan fingerprint density at radius 3 is 2.53 bits per heavy atom. The second kappa shape index (κ2) is 5.07. The van der Waals surface area contributed by atoms with Gasteiger partial charge in [-0.05, 0) is 18.2 Å². The summed E-state index contributed by atoms with van der Waals surface area (Å²) in [7, 11) is 0. The Hall–Kier alpha value is -1.79. The fourth-order valence-electron chi connectivity index (χ4n) is 1.50. The number of hydrogen-bond acceptors (Lipinski definition) is 4. The lowest BCUT2D eigenvalue weighted by atomic mass is 10.2. The van der Waals surface area contributed by atoms with Crippen LogP contribution in [0.25, 0.3) is 10.6 Å². The summed E-state index contributed by atoms with van der Waals surface area (Å²) in [4.78, 5) is 26.2. The minimum Gasteiger partial charge on any atom is -0.476 e. The van der Waals surface area contributed by atoms with Gasteiger partial charge in [-0.25, -0.2) is 14.2 Å². The molecule has 0 unspecified atom stereocenters. The maximum absolute atomic E-state index is 13.2. The average molecular weight is 300 g/mol. The molecule has 0 aliphatic heterocycles. The van der Waals surface area contributed by atoms with Crippen LogP contribution in [0.1, 0.15) is 27.1 Å².